The number of anilines is 1. The van der Waals surface area contributed by atoms with Crippen molar-refractivity contribution in [2.45, 2.75) is 11.4 Å². The predicted octanol–water partition coefficient (Wildman–Crippen LogP) is 2.00. The lowest BCUT2D eigenvalue weighted by molar-refractivity contribution is -0.116. The van der Waals surface area contributed by atoms with Crippen LogP contribution in [0.3, 0.4) is 0 Å². The fraction of sp³-hybridized carbons (Fsp3) is 0.0625. The van der Waals surface area contributed by atoms with Crippen molar-refractivity contribution in [3.8, 4) is 0 Å². The first-order valence-corrected chi connectivity index (χ1v) is 7.76. The van der Waals surface area contributed by atoms with E-state index in [-0.39, 0.29) is 18.0 Å². The number of carbonyl (C=O) groups is 1. The standard InChI is InChI=1S/C16H14N4O2S/c17-23-12-7-5-11(6-8-12)19-15(21)10-20-14-4-2-1-3-13(14)18-9-16(20)22/h1-9H,10,17H2,(H,19,21). The molecule has 23 heavy (non-hydrogen) atoms. The molecule has 6 nitrogen and oxygen atoms in total. The average Bonchev–Trinajstić information content (AvgIpc) is 2.58. The smallest absolute Gasteiger partial charge is 0.269 e. The van der Waals surface area contributed by atoms with E-state index in [9.17, 15) is 9.59 Å². The Morgan fingerprint density at radius 3 is 2.65 bits per heavy atom. The summed E-state index contributed by atoms with van der Waals surface area (Å²) in [7, 11) is 0. The van der Waals surface area contributed by atoms with Gasteiger partial charge in [-0.15, -0.1) is 0 Å². The normalized spacial score (nSPS) is 10.7. The van der Waals surface area contributed by atoms with E-state index in [2.05, 4.69) is 10.3 Å². The summed E-state index contributed by atoms with van der Waals surface area (Å²) >= 11 is 1.14. The number of benzene rings is 2. The molecule has 2 aromatic carbocycles. The maximum absolute atomic E-state index is 12.2. The van der Waals surface area contributed by atoms with Gasteiger partial charge in [-0.25, -0.2) is 4.98 Å². The van der Waals surface area contributed by atoms with Gasteiger partial charge in [0, 0.05) is 10.6 Å². The number of hydrogen-bond acceptors (Lipinski definition) is 5. The van der Waals surface area contributed by atoms with Gasteiger partial charge in [0.1, 0.15) is 6.54 Å². The van der Waals surface area contributed by atoms with Crippen LogP contribution in [-0.2, 0) is 11.3 Å². The predicted molar refractivity (Wildman–Crippen MR) is 91.1 cm³/mol. The van der Waals surface area contributed by atoms with Gasteiger partial charge in [-0.3, -0.25) is 19.3 Å². The van der Waals surface area contributed by atoms with E-state index in [1.54, 1.807) is 30.3 Å². The number of amides is 1. The van der Waals surface area contributed by atoms with Crippen molar-refractivity contribution in [1.29, 1.82) is 0 Å². The minimum absolute atomic E-state index is 0.0741. The lowest BCUT2D eigenvalue weighted by atomic mass is 10.3. The molecule has 0 radical (unpaired) electrons. The molecule has 3 rings (SSSR count). The molecule has 7 heteroatoms. The van der Waals surface area contributed by atoms with Gasteiger partial charge in [-0.1, -0.05) is 12.1 Å². The van der Waals surface area contributed by atoms with E-state index in [0.717, 1.165) is 16.8 Å². The zero-order chi connectivity index (χ0) is 16.2. The third kappa shape index (κ3) is 3.41. The van der Waals surface area contributed by atoms with E-state index >= 15 is 0 Å². The van der Waals surface area contributed by atoms with Crippen molar-refractivity contribution in [1.82, 2.24) is 9.55 Å². The van der Waals surface area contributed by atoms with Crippen molar-refractivity contribution < 1.29 is 4.79 Å². The fourth-order valence-electron chi connectivity index (χ4n) is 2.24. The first kappa shape index (κ1) is 15.3. The zero-order valence-electron chi connectivity index (χ0n) is 12.1. The van der Waals surface area contributed by atoms with Gasteiger partial charge in [0.15, 0.2) is 0 Å². The SMILES string of the molecule is NSc1ccc(NC(=O)Cn2c(=O)cnc3ccccc32)cc1. The Morgan fingerprint density at radius 1 is 1.17 bits per heavy atom. The van der Waals surface area contributed by atoms with Crippen molar-refractivity contribution >= 4 is 34.6 Å². The molecule has 3 N–H and O–H groups in total. The number of nitrogens with zero attached hydrogens (tertiary/aromatic N) is 2. The lowest BCUT2D eigenvalue weighted by Crippen LogP contribution is -2.27. The monoisotopic (exact) mass is 326 g/mol. The Balaban J connectivity index is 1.82. The molecule has 0 spiro atoms. The second-order valence-electron chi connectivity index (χ2n) is 4.86. The Labute approximate surface area is 136 Å². The molecule has 0 aliphatic carbocycles. The first-order chi connectivity index (χ1) is 11.2. The van der Waals surface area contributed by atoms with Crippen molar-refractivity contribution in [2.75, 3.05) is 5.32 Å². The number of nitrogens with one attached hydrogen (secondary N) is 1. The quantitative estimate of drug-likeness (QED) is 0.716. The van der Waals surface area contributed by atoms with Gasteiger partial charge in [0.2, 0.25) is 5.91 Å². The van der Waals surface area contributed by atoms with Crippen molar-refractivity contribution in [3.05, 3.63) is 65.1 Å². The maximum Gasteiger partial charge on any atom is 0.269 e. The molecule has 1 heterocycles. The van der Waals surface area contributed by atoms with Crippen LogP contribution in [-0.4, -0.2) is 15.5 Å². The Hall–Kier alpha value is -2.64. The van der Waals surface area contributed by atoms with Crippen LogP contribution in [0, 0.1) is 0 Å². The van der Waals surface area contributed by atoms with E-state index in [1.807, 2.05) is 18.2 Å². The second-order valence-corrected chi connectivity index (χ2v) is 5.57. The highest BCUT2D eigenvalue weighted by atomic mass is 32.2. The van der Waals surface area contributed by atoms with E-state index < -0.39 is 0 Å². The number of hydrogen-bond donors (Lipinski definition) is 2. The maximum atomic E-state index is 12.2. The molecule has 0 aliphatic rings. The van der Waals surface area contributed by atoms with Crippen LogP contribution < -0.4 is 16.0 Å². The first-order valence-electron chi connectivity index (χ1n) is 6.88. The van der Waals surface area contributed by atoms with Crippen LogP contribution in [0.5, 0.6) is 0 Å². The zero-order valence-corrected chi connectivity index (χ0v) is 12.9. The van der Waals surface area contributed by atoms with E-state index in [0.29, 0.717) is 16.7 Å². The number of carbonyl (C=O) groups excluding carboxylic acids is 1. The molecule has 0 fully saturated rings. The van der Waals surface area contributed by atoms with E-state index in [4.69, 9.17) is 5.14 Å². The third-order valence-corrected chi connectivity index (χ3v) is 3.87. The van der Waals surface area contributed by atoms with Crippen LogP contribution >= 0.6 is 11.9 Å². The minimum Gasteiger partial charge on any atom is -0.325 e. The molecule has 0 aliphatic heterocycles. The summed E-state index contributed by atoms with van der Waals surface area (Å²) in [5.41, 5.74) is 1.64. The summed E-state index contributed by atoms with van der Waals surface area (Å²) < 4.78 is 1.40. The number of rotatable bonds is 4. The average molecular weight is 326 g/mol. The second kappa shape index (κ2) is 6.64. The highest BCUT2D eigenvalue weighted by Crippen LogP contribution is 2.15. The molecule has 1 amide bonds. The van der Waals surface area contributed by atoms with Crippen molar-refractivity contribution in [3.63, 3.8) is 0 Å². The van der Waals surface area contributed by atoms with Crippen LogP contribution in [0.15, 0.2) is 64.4 Å². The van der Waals surface area contributed by atoms with Crippen LogP contribution in [0.4, 0.5) is 5.69 Å². The number of nitrogens with two attached hydrogens (primary N) is 1. The number of aromatic nitrogens is 2. The summed E-state index contributed by atoms with van der Waals surface area (Å²) in [5.74, 6) is -0.281. The summed E-state index contributed by atoms with van der Waals surface area (Å²) in [4.78, 5) is 29.2. The molecule has 3 aromatic rings. The molecular weight excluding hydrogens is 312 g/mol. The fourth-order valence-corrected chi connectivity index (χ4v) is 2.53. The highest BCUT2D eigenvalue weighted by molar-refractivity contribution is 7.97. The number of fused-ring (bicyclic) bond motifs is 1. The Morgan fingerprint density at radius 2 is 1.91 bits per heavy atom. The largest absolute Gasteiger partial charge is 0.325 e. The van der Waals surface area contributed by atoms with Gasteiger partial charge >= 0.3 is 0 Å². The van der Waals surface area contributed by atoms with Gasteiger partial charge in [-0.05, 0) is 48.3 Å². The van der Waals surface area contributed by atoms with Gasteiger partial charge < -0.3 is 5.32 Å². The summed E-state index contributed by atoms with van der Waals surface area (Å²) in [6, 6.07) is 14.4. The molecule has 1 aromatic heterocycles. The van der Waals surface area contributed by atoms with Crippen LogP contribution in [0.2, 0.25) is 0 Å². The Bertz CT molecular complexity index is 906. The Kier molecular flexibility index (Phi) is 4.40. The van der Waals surface area contributed by atoms with Crippen LogP contribution in [0.1, 0.15) is 0 Å². The molecule has 116 valence electrons. The van der Waals surface area contributed by atoms with Gasteiger partial charge in [0.05, 0.1) is 17.2 Å². The molecular formula is C16H14N4O2S. The molecule has 0 unspecified atom stereocenters. The van der Waals surface area contributed by atoms with Gasteiger partial charge in [0.25, 0.3) is 5.56 Å². The molecule has 0 atom stereocenters. The van der Waals surface area contributed by atoms with E-state index in [1.165, 1.54) is 10.8 Å². The summed E-state index contributed by atoms with van der Waals surface area (Å²) in [6.07, 6.45) is 1.23. The third-order valence-electron chi connectivity index (χ3n) is 3.33. The topological polar surface area (TPSA) is 90.0 Å². The highest BCUT2D eigenvalue weighted by Gasteiger charge is 2.09. The molecule has 0 saturated carbocycles. The van der Waals surface area contributed by atoms with Crippen molar-refractivity contribution in [2.24, 2.45) is 5.14 Å². The van der Waals surface area contributed by atoms with Gasteiger partial charge in [-0.2, -0.15) is 0 Å². The summed E-state index contributed by atoms with van der Waals surface area (Å²) in [6.45, 7) is -0.0741. The molecule has 0 bridgehead atoms. The lowest BCUT2D eigenvalue weighted by Gasteiger charge is -2.10. The van der Waals surface area contributed by atoms with Crippen LogP contribution in [0.25, 0.3) is 11.0 Å². The number of para-hydroxylation sites is 2. The summed E-state index contributed by atoms with van der Waals surface area (Å²) in [5, 5.41) is 8.22. The minimum atomic E-state index is -0.311. The molecule has 0 saturated heterocycles.